The molecule has 0 aliphatic carbocycles. The minimum Gasteiger partial charge on any atom is -0.381 e. The summed E-state index contributed by atoms with van der Waals surface area (Å²) in [5.74, 6) is 0.459. The minimum absolute atomic E-state index is 0.216. The molecular formula is C8H13N5. The van der Waals surface area contributed by atoms with Crippen LogP contribution in [0, 0.1) is 17.2 Å². The van der Waals surface area contributed by atoms with Gasteiger partial charge in [-0.05, 0) is 5.92 Å². The molecule has 70 valence electrons. The molecule has 0 amide bonds. The molecule has 1 unspecified atom stereocenters. The summed E-state index contributed by atoms with van der Waals surface area (Å²) in [5.41, 5.74) is 12.3. The third-order valence-corrected chi connectivity index (χ3v) is 1.99. The highest BCUT2D eigenvalue weighted by Gasteiger charge is 2.19. The van der Waals surface area contributed by atoms with Crippen molar-refractivity contribution < 1.29 is 0 Å². The topological polar surface area (TPSA) is 105 Å². The van der Waals surface area contributed by atoms with Crippen LogP contribution in [0.4, 0.5) is 5.82 Å². The molecule has 0 saturated heterocycles. The van der Waals surface area contributed by atoms with Gasteiger partial charge in [-0.15, -0.1) is 0 Å². The molecule has 1 aromatic rings. The van der Waals surface area contributed by atoms with Crippen molar-refractivity contribution in [3.05, 3.63) is 11.3 Å². The second-order valence-electron chi connectivity index (χ2n) is 3.28. The lowest BCUT2D eigenvalue weighted by molar-refractivity contribution is 0.501. The lowest BCUT2D eigenvalue weighted by Crippen LogP contribution is -2.18. The van der Waals surface area contributed by atoms with Crippen LogP contribution in [-0.4, -0.2) is 10.2 Å². The van der Waals surface area contributed by atoms with Crippen LogP contribution in [0.2, 0.25) is 0 Å². The predicted molar refractivity (Wildman–Crippen MR) is 49.5 cm³/mol. The molecule has 5 heteroatoms. The first-order valence-corrected chi connectivity index (χ1v) is 4.07. The van der Waals surface area contributed by atoms with E-state index in [0.29, 0.717) is 11.3 Å². The summed E-state index contributed by atoms with van der Waals surface area (Å²) < 4.78 is 0. The molecule has 13 heavy (non-hydrogen) atoms. The van der Waals surface area contributed by atoms with Gasteiger partial charge in [0, 0.05) is 0 Å². The number of hydrogen-bond acceptors (Lipinski definition) is 4. The van der Waals surface area contributed by atoms with Crippen molar-refractivity contribution in [3.63, 3.8) is 0 Å². The number of nitrogens with zero attached hydrogens (tertiary/aromatic N) is 2. The van der Waals surface area contributed by atoms with Crippen molar-refractivity contribution in [1.82, 2.24) is 10.2 Å². The SMILES string of the molecule is CC(C)C(N)c1[nH]nc(N)c1C#N. The zero-order valence-corrected chi connectivity index (χ0v) is 7.70. The van der Waals surface area contributed by atoms with Crippen LogP contribution in [-0.2, 0) is 0 Å². The van der Waals surface area contributed by atoms with Gasteiger partial charge in [-0.3, -0.25) is 5.10 Å². The summed E-state index contributed by atoms with van der Waals surface area (Å²) >= 11 is 0. The Labute approximate surface area is 76.7 Å². The second kappa shape index (κ2) is 3.46. The molecule has 0 aliphatic heterocycles. The summed E-state index contributed by atoms with van der Waals surface area (Å²) in [6, 6.07) is 1.76. The van der Waals surface area contributed by atoms with Crippen molar-refractivity contribution in [2.24, 2.45) is 11.7 Å². The highest BCUT2D eigenvalue weighted by atomic mass is 15.2. The fraction of sp³-hybridized carbons (Fsp3) is 0.500. The van der Waals surface area contributed by atoms with E-state index in [2.05, 4.69) is 10.2 Å². The Morgan fingerprint density at radius 3 is 2.62 bits per heavy atom. The van der Waals surface area contributed by atoms with Gasteiger partial charge in [0.2, 0.25) is 0 Å². The summed E-state index contributed by atoms with van der Waals surface area (Å²) in [7, 11) is 0. The lowest BCUT2D eigenvalue weighted by atomic mass is 9.99. The van der Waals surface area contributed by atoms with E-state index in [9.17, 15) is 0 Å². The van der Waals surface area contributed by atoms with Crippen molar-refractivity contribution in [2.75, 3.05) is 5.73 Å². The molecular weight excluding hydrogens is 166 g/mol. The first-order valence-electron chi connectivity index (χ1n) is 4.07. The van der Waals surface area contributed by atoms with Crippen molar-refractivity contribution >= 4 is 5.82 Å². The Hall–Kier alpha value is -1.54. The van der Waals surface area contributed by atoms with Crippen LogP contribution in [0.25, 0.3) is 0 Å². The van der Waals surface area contributed by atoms with Gasteiger partial charge < -0.3 is 11.5 Å². The van der Waals surface area contributed by atoms with Crippen molar-refractivity contribution in [2.45, 2.75) is 19.9 Å². The predicted octanol–water partition coefficient (Wildman–Crippen LogP) is 0.519. The average Bonchev–Trinajstić information content (AvgIpc) is 2.45. The fourth-order valence-electron chi connectivity index (χ4n) is 1.06. The molecule has 0 saturated carbocycles. The van der Waals surface area contributed by atoms with Crippen LogP contribution in [0.5, 0.6) is 0 Å². The summed E-state index contributed by atoms with van der Waals surface area (Å²) in [6.07, 6.45) is 0. The van der Waals surface area contributed by atoms with Crippen LogP contribution in [0.1, 0.15) is 31.1 Å². The highest BCUT2D eigenvalue weighted by Crippen LogP contribution is 2.22. The molecule has 5 N–H and O–H groups in total. The summed E-state index contributed by atoms with van der Waals surface area (Å²) in [6.45, 7) is 3.95. The maximum atomic E-state index is 8.77. The van der Waals surface area contributed by atoms with E-state index in [-0.39, 0.29) is 17.8 Å². The number of rotatable bonds is 2. The molecule has 1 aromatic heterocycles. The largest absolute Gasteiger partial charge is 0.381 e. The average molecular weight is 179 g/mol. The molecule has 1 rings (SSSR count). The molecule has 0 fully saturated rings. The molecule has 5 nitrogen and oxygen atoms in total. The molecule has 0 aromatic carbocycles. The number of nitrogens with one attached hydrogen (secondary N) is 1. The van der Waals surface area contributed by atoms with Crippen molar-refractivity contribution in [1.29, 1.82) is 5.26 Å². The zero-order chi connectivity index (χ0) is 10.0. The maximum Gasteiger partial charge on any atom is 0.163 e. The third kappa shape index (κ3) is 1.63. The summed E-state index contributed by atoms with van der Waals surface area (Å²) in [5, 5.41) is 15.2. The van der Waals surface area contributed by atoms with E-state index < -0.39 is 0 Å². The molecule has 0 aliphatic rings. The monoisotopic (exact) mass is 179 g/mol. The number of nitrogen functional groups attached to an aromatic ring is 1. The number of aromatic amines is 1. The Balaban J connectivity index is 3.09. The van der Waals surface area contributed by atoms with E-state index >= 15 is 0 Å². The number of aromatic nitrogens is 2. The number of anilines is 1. The van der Waals surface area contributed by atoms with Crippen LogP contribution >= 0.6 is 0 Å². The lowest BCUT2D eigenvalue weighted by Gasteiger charge is -2.13. The number of hydrogen-bond donors (Lipinski definition) is 3. The Morgan fingerprint density at radius 2 is 2.15 bits per heavy atom. The Morgan fingerprint density at radius 1 is 1.54 bits per heavy atom. The summed E-state index contributed by atoms with van der Waals surface area (Å²) in [4.78, 5) is 0. The zero-order valence-electron chi connectivity index (χ0n) is 7.70. The van der Waals surface area contributed by atoms with E-state index in [1.807, 2.05) is 19.9 Å². The normalized spacial score (nSPS) is 12.8. The van der Waals surface area contributed by atoms with Crippen molar-refractivity contribution in [3.8, 4) is 6.07 Å². The third-order valence-electron chi connectivity index (χ3n) is 1.99. The number of H-pyrrole nitrogens is 1. The van der Waals surface area contributed by atoms with Gasteiger partial charge in [0.25, 0.3) is 0 Å². The molecule has 0 spiro atoms. The Bertz CT molecular complexity index is 333. The van der Waals surface area contributed by atoms with Crippen LogP contribution < -0.4 is 11.5 Å². The Kier molecular flexibility index (Phi) is 2.54. The smallest absolute Gasteiger partial charge is 0.163 e. The standard InChI is InChI=1S/C8H13N5/c1-4(2)6(10)7-5(3-9)8(11)13-12-7/h4,6H,10H2,1-2H3,(H3,11,12,13). The fourth-order valence-corrected chi connectivity index (χ4v) is 1.06. The van der Waals surface area contributed by atoms with Gasteiger partial charge in [-0.1, -0.05) is 13.8 Å². The maximum absolute atomic E-state index is 8.77. The molecule has 1 atom stereocenters. The van der Waals surface area contributed by atoms with Gasteiger partial charge in [0.05, 0.1) is 11.7 Å². The van der Waals surface area contributed by atoms with Crippen LogP contribution in [0.3, 0.4) is 0 Å². The number of nitriles is 1. The highest BCUT2D eigenvalue weighted by molar-refractivity contribution is 5.51. The van der Waals surface area contributed by atoms with E-state index in [0.717, 1.165) is 0 Å². The van der Waals surface area contributed by atoms with E-state index in [4.69, 9.17) is 16.7 Å². The quantitative estimate of drug-likeness (QED) is 0.615. The molecule has 0 radical (unpaired) electrons. The van der Waals surface area contributed by atoms with E-state index in [1.54, 1.807) is 0 Å². The van der Waals surface area contributed by atoms with Gasteiger partial charge in [-0.25, -0.2) is 0 Å². The van der Waals surface area contributed by atoms with Gasteiger partial charge >= 0.3 is 0 Å². The first-order chi connectivity index (χ1) is 6.07. The van der Waals surface area contributed by atoms with Gasteiger partial charge in [0.15, 0.2) is 5.82 Å². The number of nitrogens with two attached hydrogens (primary N) is 2. The van der Waals surface area contributed by atoms with Gasteiger partial charge in [0.1, 0.15) is 11.6 Å². The minimum atomic E-state index is -0.223. The van der Waals surface area contributed by atoms with Gasteiger partial charge in [-0.2, -0.15) is 10.4 Å². The first kappa shape index (κ1) is 9.55. The molecule has 1 heterocycles. The molecule has 0 bridgehead atoms. The van der Waals surface area contributed by atoms with E-state index in [1.165, 1.54) is 0 Å². The second-order valence-corrected chi connectivity index (χ2v) is 3.28. The van der Waals surface area contributed by atoms with Crippen LogP contribution in [0.15, 0.2) is 0 Å².